The van der Waals surface area contributed by atoms with E-state index in [1.54, 1.807) is 0 Å². The van der Waals surface area contributed by atoms with Crippen molar-refractivity contribution in [1.29, 1.82) is 0 Å². The van der Waals surface area contributed by atoms with Gasteiger partial charge in [0.1, 0.15) is 0 Å². The number of ether oxygens (including phenoxy) is 1. The maximum Gasteiger partial charge on any atom is 0.226 e. The molecule has 0 aromatic carbocycles. The molecule has 0 radical (unpaired) electrons. The van der Waals surface area contributed by atoms with Gasteiger partial charge in [0.15, 0.2) is 0 Å². The molecule has 0 saturated heterocycles. The predicted octanol–water partition coefficient (Wildman–Crippen LogP) is 0.204. The summed E-state index contributed by atoms with van der Waals surface area (Å²) in [5.41, 5.74) is 5.20. The summed E-state index contributed by atoms with van der Waals surface area (Å²) in [4.78, 5) is 11.2. The van der Waals surface area contributed by atoms with Gasteiger partial charge in [-0.05, 0) is 13.8 Å². The van der Waals surface area contributed by atoms with Gasteiger partial charge in [0, 0.05) is 13.2 Å². The SMILES string of the molecule is CCOC(C)CNC(=O)CC(N)=S. The van der Waals surface area contributed by atoms with Crippen molar-refractivity contribution in [2.45, 2.75) is 26.4 Å². The van der Waals surface area contributed by atoms with Crippen LogP contribution in [0.25, 0.3) is 0 Å². The van der Waals surface area contributed by atoms with Gasteiger partial charge in [-0.3, -0.25) is 4.79 Å². The van der Waals surface area contributed by atoms with Gasteiger partial charge in [-0.2, -0.15) is 0 Å². The molecule has 0 heterocycles. The van der Waals surface area contributed by atoms with Crippen molar-refractivity contribution in [3.63, 3.8) is 0 Å². The zero-order chi connectivity index (χ0) is 10.3. The molecule has 0 fully saturated rings. The minimum Gasteiger partial charge on any atom is -0.393 e. The highest BCUT2D eigenvalue weighted by molar-refractivity contribution is 7.80. The molecule has 0 aliphatic rings. The molecule has 1 unspecified atom stereocenters. The summed E-state index contributed by atoms with van der Waals surface area (Å²) in [5, 5.41) is 2.67. The average Bonchev–Trinajstić information content (AvgIpc) is 2.00. The Morgan fingerprint density at radius 2 is 2.31 bits per heavy atom. The number of rotatable bonds is 6. The summed E-state index contributed by atoms with van der Waals surface area (Å²) in [6.07, 6.45) is 0.133. The van der Waals surface area contributed by atoms with Crippen molar-refractivity contribution in [3.8, 4) is 0 Å². The molecule has 76 valence electrons. The number of thiocarbonyl (C=S) groups is 1. The molecule has 0 rings (SSSR count). The monoisotopic (exact) mass is 204 g/mol. The minimum atomic E-state index is -0.154. The van der Waals surface area contributed by atoms with Crippen LogP contribution in [0.2, 0.25) is 0 Å². The van der Waals surface area contributed by atoms with Crippen LogP contribution in [-0.2, 0) is 9.53 Å². The Hall–Kier alpha value is -0.680. The number of carbonyl (C=O) groups is 1. The third kappa shape index (κ3) is 7.67. The van der Waals surface area contributed by atoms with E-state index in [-0.39, 0.29) is 23.4 Å². The van der Waals surface area contributed by atoms with Gasteiger partial charge in [0.05, 0.1) is 17.5 Å². The third-order valence-electron chi connectivity index (χ3n) is 1.37. The summed E-state index contributed by atoms with van der Waals surface area (Å²) >= 11 is 4.59. The first kappa shape index (κ1) is 12.3. The van der Waals surface area contributed by atoms with Gasteiger partial charge >= 0.3 is 0 Å². The van der Waals surface area contributed by atoms with Gasteiger partial charge in [-0.15, -0.1) is 0 Å². The van der Waals surface area contributed by atoms with Crippen molar-refractivity contribution in [1.82, 2.24) is 5.32 Å². The van der Waals surface area contributed by atoms with E-state index in [0.29, 0.717) is 13.2 Å². The lowest BCUT2D eigenvalue weighted by atomic mass is 10.3. The van der Waals surface area contributed by atoms with Crippen molar-refractivity contribution < 1.29 is 9.53 Å². The summed E-state index contributed by atoms with van der Waals surface area (Å²) in [6, 6.07) is 0. The number of nitrogens with two attached hydrogens (primary N) is 1. The average molecular weight is 204 g/mol. The van der Waals surface area contributed by atoms with Crippen LogP contribution in [0, 0.1) is 0 Å². The molecule has 13 heavy (non-hydrogen) atoms. The Balaban J connectivity index is 3.51. The van der Waals surface area contributed by atoms with Crippen LogP contribution < -0.4 is 11.1 Å². The number of hydrogen-bond donors (Lipinski definition) is 2. The smallest absolute Gasteiger partial charge is 0.226 e. The second-order valence-electron chi connectivity index (χ2n) is 2.71. The first-order chi connectivity index (χ1) is 6.06. The van der Waals surface area contributed by atoms with Crippen LogP contribution in [0.3, 0.4) is 0 Å². The fourth-order valence-corrected chi connectivity index (χ4v) is 0.953. The highest BCUT2D eigenvalue weighted by Crippen LogP contribution is 1.88. The molecule has 0 aromatic rings. The molecule has 5 heteroatoms. The summed E-state index contributed by atoms with van der Waals surface area (Å²) in [5.74, 6) is -0.154. The maximum absolute atomic E-state index is 11.0. The third-order valence-corrected chi connectivity index (χ3v) is 1.52. The zero-order valence-corrected chi connectivity index (χ0v) is 8.82. The van der Waals surface area contributed by atoms with E-state index >= 15 is 0 Å². The molecule has 0 aliphatic heterocycles. The van der Waals surface area contributed by atoms with E-state index in [4.69, 9.17) is 10.5 Å². The number of nitrogens with one attached hydrogen (secondary N) is 1. The second kappa shape index (κ2) is 6.80. The zero-order valence-electron chi connectivity index (χ0n) is 8.00. The van der Waals surface area contributed by atoms with Crippen molar-refractivity contribution in [2.24, 2.45) is 5.73 Å². The van der Waals surface area contributed by atoms with E-state index in [0.717, 1.165) is 0 Å². The summed E-state index contributed by atoms with van der Waals surface area (Å²) in [7, 11) is 0. The van der Waals surface area contributed by atoms with E-state index < -0.39 is 0 Å². The summed E-state index contributed by atoms with van der Waals surface area (Å²) in [6.45, 7) is 4.94. The van der Waals surface area contributed by atoms with Gasteiger partial charge in [0.25, 0.3) is 0 Å². The lowest BCUT2D eigenvalue weighted by Crippen LogP contribution is -2.34. The van der Waals surface area contributed by atoms with E-state index in [1.807, 2.05) is 13.8 Å². The van der Waals surface area contributed by atoms with Gasteiger partial charge in [0.2, 0.25) is 5.91 Å². The van der Waals surface area contributed by atoms with Crippen LogP contribution in [-0.4, -0.2) is 30.2 Å². The Labute approximate surface area is 83.8 Å². The molecule has 0 bridgehead atoms. The maximum atomic E-state index is 11.0. The van der Waals surface area contributed by atoms with Crippen LogP contribution in [0.1, 0.15) is 20.3 Å². The fourth-order valence-electron chi connectivity index (χ4n) is 0.822. The van der Waals surface area contributed by atoms with Gasteiger partial charge in [-0.1, -0.05) is 12.2 Å². The van der Waals surface area contributed by atoms with Crippen LogP contribution in [0.4, 0.5) is 0 Å². The standard InChI is InChI=1S/C8H16N2O2S/c1-3-12-6(2)5-10-8(11)4-7(9)13/h6H,3-5H2,1-2H3,(H2,9,13)(H,10,11). The summed E-state index contributed by atoms with van der Waals surface area (Å²) < 4.78 is 5.22. The Kier molecular flexibility index (Phi) is 6.44. The predicted molar refractivity (Wildman–Crippen MR) is 55.5 cm³/mol. The Morgan fingerprint density at radius 1 is 1.69 bits per heavy atom. The van der Waals surface area contributed by atoms with E-state index in [2.05, 4.69) is 17.5 Å². The van der Waals surface area contributed by atoms with Crippen LogP contribution in [0.15, 0.2) is 0 Å². The Morgan fingerprint density at radius 3 is 2.77 bits per heavy atom. The normalized spacial score (nSPS) is 12.2. The highest BCUT2D eigenvalue weighted by Gasteiger charge is 2.05. The highest BCUT2D eigenvalue weighted by atomic mass is 32.1. The van der Waals surface area contributed by atoms with Gasteiger partial charge < -0.3 is 15.8 Å². The first-order valence-corrected chi connectivity index (χ1v) is 4.63. The molecule has 1 atom stereocenters. The van der Waals surface area contributed by atoms with Crippen molar-refractivity contribution in [2.75, 3.05) is 13.2 Å². The lowest BCUT2D eigenvalue weighted by Gasteiger charge is -2.12. The number of carbonyl (C=O) groups excluding carboxylic acids is 1. The minimum absolute atomic E-state index is 0.0281. The Bertz CT molecular complexity index is 185. The molecule has 0 spiro atoms. The largest absolute Gasteiger partial charge is 0.393 e. The molecule has 3 N–H and O–H groups in total. The number of hydrogen-bond acceptors (Lipinski definition) is 3. The van der Waals surface area contributed by atoms with Crippen molar-refractivity contribution in [3.05, 3.63) is 0 Å². The van der Waals surface area contributed by atoms with Gasteiger partial charge in [-0.25, -0.2) is 0 Å². The molecule has 4 nitrogen and oxygen atoms in total. The molecule has 0 aliphatic carbocycles. The van der Waals surface area contributed by atoms with E-state index in [9.17, 15) is 4.79 Å². The lowest BCUT2D eigenvalue weighted by molar-refractivity contribution is -0.120. The molecular formula is C8H16N2O2S. The fraction of sp³-hybridized carbons (Fsp3) is 0.750. The topological polar surface area (TPSA) is 64.3 Å². The molecule has 0 aromatic heterocycles. The number of amides is 1. The van der Waals surface area contributed by atoms with E-state index in [1.165, 1.54) is 0 Å². The van der Waals surface area contributed by atoms with Crippen molar-refractivity contribution >= 4 is 23.1 Å². The quantitative estimate of drug-likeness (QED) is 0.607. The van der Waals surface area contributed by atoms with Crippen LogP contribution >= 0.6 is 12.2 Å². The molecule has 0 saturated carbocycles. The molecular weight excluding hydrogens is 188 g/mol. The van der Waals surface area contributed by atoms with Crippen LogP contribution in [0.5, 0.6) is 0 Å². The second-order valence-corrected chi connectivity index (χ2v) is 3.24. The first-order valence-electron chi connectivity index (χ1n) is 4.22. The molecule has 1 amide bonds.